The molecule has 0 aliphatic heterocycles. The van der Waals surface area contributed by atoms with Gasteiger partial charge in [-0.1, -0.05) is 23.7 Å². The highest BCUT2D eigenvalue weighted by Gasteiger charge is 2.13. The van der Waals surface area contributed by atoms with Crippen LogP contribution in [0, 0.1) is 10.1 Å². The molecule has 126 valence electrons. The van der Waals surface area contributed by atoms with Crippen LogP contribution in [0.5, 0.6) is 5.75 Å². The number of halogens is 1. The molecule has 2 aromatic rings. The van der Waals surface area contributed by atoms with Crippen molar-refractivity contribution < 1.29 is 14.5 Å². The number of para-hydroxylation sites is 2. The SMILES string of the molecule is Nc1ccccc1OCCCC(=O)Nc1ccc(Cl)c([N+](=O)[O-])c1. The van der Waals surface area contributed by atoms with Gasteiger partial charge in [0.2, 0.25) is 5.91 Å². The minimum Gasteiger partial charge on any atom is -0.491 e. The number of rotatable bonds is 7. The van der Waals surface area contributed by atoms with Crippen molar-refractivity contribution in [3.63, 3.8) is 0 Å². The standard InChI is InChI=1S/C16H16ClN3O4/c17-12-8-7-11(10-14(12)20(22)23)19-16(21)6-3-9-24-15-5-2-1-4-13(15)18/h1-2,4-5,7-8,10H,3,6,9,18H2,(H,19,21). The summed E-state index contributed by atoms with van der Waals surface area (Å²) >= 11 is 5.72. The lowest BCUT2D eigenvalue weighted by Gasteiger charge is -2.09. The quantitative estimate of drug-likeness (QED) is 0.343. The molecule has 0 spiro atoms. The van der Waals surface area contributed by atoms with Gasteiger partial charge in [-0.15, -0.1) is 0 Å². The molecule has 0 aliphatic carbocycles. The van der Waals surface area contributed by atoms with Crippen LogP contribution >= 0.6 is 11.6 Å². The third kappa shape index (κ3) is 4.85. The summed E-state index contributed by atoms with van der Waals surface area (Å²) in [7, 11) is 0. The van der Waals surface area contributed by atoms with Crippen LogP contribution < -0.4 is 15.8 Å². The van der Waals surface area contributed by atoms with E-state index in [-0.39, 0.29) is 23.0 Å². The number of nitrogens with two attached hydrogens (primary N) is 1. The van der Waals surface area contributed by atoms with Gasteiger partial charge in [0.25, 0.3) is 5.69 Å². The number of benzene rings is 2. The molecule has 0 radical (unpaired) electrons. The van der Waals surface area contributed by atoms with E-state index in [4.69, 9.17) is 22.1 Å². The molecule has 2 aromatic carbocycles. The van der Waals surface area contributed by atoms with Crippen LogP contribution in [0.15, 0.2) is 42.5 Å². The Bertz CT molecular complexity index is 752. The Labute approximate surface area is 143 Å². The molecule has 8 heteroatoms. The number of ether oxygens (including phenoxy) is 1. The summed E-state index contributed by atoms with van der Waals surface area (Å²) in [4.78, 5) is 22.1. The first-order chi connectivity index (χ1) is 11.5. The van der Waals surface area contributed by atoms with Gasteiger partial charge in [-0.3, -0.25) is 14.9 Å². The second-order valence-corrected chi connectivity index (χ2v) is 5.37. The van der Waals surface area contributed by atoms with Crippen LogP contribution in [0.1, 0.15) is 12.8 Å². The topological polar surface area (TPSA) is 107 Å². The lowest BCUT2D eigenvalue weighted by Crippen LogP contribution is -2.13. The predicted molar refractivity (Wildman–Crippen MR) is 92.3 cm³/mol. The zero-order chi connectivity index (χ0) is 17.5. The van der Waals surface area contributed by atoms with E-state index in [2.05, 4.69) is 5.32 Å². The molecule has 7 nitrogen and oxygen atoms in total. The number of nitrogen functional groups attached to an aromatic ring is 1. The molecule has 0 saturated heterocycles. The summed E-state index contributed by atoms with van der Waals surface area (Å²) in [5.74, 6) is 0.308. The number of anilines is 2. The van der Waals surface area contributed by atoms with Gasteiger partial charge >= 0.3 is 0 Å². The molecular weight excluding hydrogens is 334 g/mol. The maximum absolute atomic E-state index is 11.9. The van der Waals surface area contributed by atoms with E-state index in [0.29, 0.717) is 30.2 Å². The van der Waals surface area contributed by atoms with Gasteiger partial charge in [-0.2, -0.15) is 0 Å². The van der Waals surface area contributed by atoms with Crippen molar-refractivity contribution in [2.75, 3.05) is 17.7 Å². The fourth-order valence-corrected chi connectivity index (χ4v) is 2.17. The van der Waals surface area contributed by atoms with Gasteiger partial charge in [0.05, 0.1) is 17.2 Å². The number of hydrogen-bond donors (Lipinski definition) is 2. The van der Waals surface area contributed by atoms with Crippen LogP contribution in [-0.2, 0) is 4.79 Å². The van der Waals surface area contributed by atoms with Crippen LogP contribution in [0.25, 0.3) is 0 Å². The molecule has 0 heterocycles. The Kier molecular flexibility index (Phi) is 5.97. The molecule has 0 unspecified atom stereocenters. The van der Waals surface area contributed by atoms with Crippen molar-refractivity contribution in [1.29, 1.82) is 0 Å². The van der Waals surface area contributed by atoms with Gasteiger partial charge in [0.1, 0.15) is 10.8 Å². The second-order valence-electron chi connectivity index (χ2n) is 4.96. The average molecular weight is 350 g/mol. The number of carbonyl (C=O) groups is 1. The third-order valence-electron chi connectivity index (χ3n) is 3.15. The molecule has 3 N–H and O–H groups in total. The Balaban J connectivity index is 1.80. The number of nitrogens with zero attached hydrogens (tertiary/aromatic N) is 1. The summed E-state index contributed by atoms with van der Waals surface area (Å²) in [6.45, 7) is 0.336. The first kappa shape index (κ1) is 17.6. The maximum Gasteiger partial charge on any atom is 0.289 e. The average Bonchev–Trinajstić information content (AvgIpc) is 2.54. The highest BCUT2D eigenvalue weighted by atomic mass is 35.5. The normalized spacial score (nSPS) is 10.2. The summed E-state index contributed by atoms with van der Waals surface area (Å²) in [5.41, 5.74) is 6.35. The Hall–Kier alpha value is -2.80. The number of nitro benzene ring substituents is 1. The number of hydrogen-bond acceptors (Lipinski definition) is 5. The lowest BCUT2D eigenvalue weighted by atomic mass is 10.2. The fourth-order valence-electron chi connectivity index (χ4n) is 1.98. The van der Waals surface area contributed by atoms with Gasteiger partial charge in [-0.05, 0) is 30.7 Å². The molecule has 0 saturated carbocycles. The largest absolute Gasteiger partial charge is 0.491 e. The molecule has 0 aromatic heterocycles. The molecular formula is C16H16ClN3O4. The summed E-state index contributed by atoms with van der Waals surface area (Å²) in [6.07, 6.45) is 0.693. The summed E-state index contributed by atoms with van der Waals surface area (Å²) < 4.78 is 5.49. The van der Waals surface area contributed by atoms with E-state index in [0.717, 1.165) is 0 Å². The molecule has 1 amide bonds. The van der Waals surface area contributed by atoms with Crippen molar-refractivity contribution in [1.82, 2.24) is 0 Å². The molecule has 2 rings (SSSR count). The van der Waals surface area contributed by atoms with E-state index in [9.17, 15) is 14.9 Å². The minimum absolute atomic E-state index is 0.0202. The zero-order valence-corrected chi connectivity index (χ0v) is 13.5. The molecule has 0 fully saturated rings. The van der Waals surface area contributed by atoms with Crippen LogP contribution in [0.2, 0.25) is 5.02 Å². The highest BCUT2D eigenvalue weighted by Crippen LogP contribution is 2.27. The molecule has 0 bridgehead atoms. The van der Waals surface area contributed by atoms with Crippen molar-refractivity contribution in [3.05, 3.63) is 57.6 Å². The third-order valence-corrected chi connectivity index (χ3v) is 3.47. The minimum atomic E-state index is -0.601. The smallest absolute Gasteiger partial charge is 0.289 e. The second kappa shape index (κ2) is 8.16. The van der Waals surface area contributed by atoms with Crippen LogP contribution in [0.3, 0.4) is 0 Å². The van der Waals surface area contributed by atoms with Gasteiger partial charge in [-0.25, -0.2) is 0 Å². The Morgan fingerprint density at radius 3 is 2.75 bits per heavy atom. The van der Waals surface area contributed by atoms with E-state index < -0.39 is 4.92 Å². The fraction of sp³-hybridized carbons (Fsp3) is 0.188. The maximum atomic E-state index is 11.9. The van der Waals surface area contributed by atoms with Crippen LogP contribution in [0.4, 0.5) is 17.1 Å². The van der Waals surface area contributed by atoms with Crippen molar-refractivity contribution >= 4 is 34.6 Å². The number of nitro groups is 1. The highest BCUT2D eigenvalue weighted by molar-refractivity contribution is 6.32. The van der Waals surface area contributed by atoms with Gasteiger partial charge in [0.15, 0.2) is 0 Å². The van der Waals surface area contributed by atoms with E-state index in [1.807, 2.05) is 6.07 Å². The monoisotopic (exact) mass is 349 g/mol. The van der Waals surface area contributed by atoms with Crippen molar-refractivity contribution in [3.8, 4) is 5.75 Å². The molecule has 0 atom stereocenters. The zero-order valence-electron chi connectivity index (χ0n) is 12.7. The van der Waals surface area contributed by atoms with E-state index >= 15 is 0 Å². The predicted octanol–water partition coefficient (Wildman–Crippen LogP) is 3.63. The summed E-state index contributed by atoms with van der Waals surface area (Å²) in [5, 5.41) is 13.4. The molecule has 24 heavy (non-hydrogen) atoms. The lowest BCUT2D eigenvalue weighted by molar-refractivity contribution is -0.384. The molecule has 0 aliphatic rings. The van der Waals surface area contributed by atoms with Gasteiger partial charge < -0.3 is 15.8 Å². The van der Waals surface area contributed by atoms with E-state index in [1.165, 1.54) is 18.2 Å². The number of carbonyl (C=O) groups excluding carboxylic acids is 1. The van der Waals surface area contributed by atoms with Crippen molar-refractivity contribution in [2.45, 2.75) is 12.8 Å². The number of nitrogens with one attached hydrogen (secondary N) is 1. The number of amides is 1. The first-order valence-electron chi connectivity index (χ1n) is 7.18. The van der Waals surface area contributed by atoms with Gasteiger partial charge in [0, 0.05) is 18.2 Å². The summed E-state index contributed by atoms with van der Waals surface area (Å²) in [6, 6.07) is 11.2. The van der Waals surface area contributed by atoms with Crippen LogP contribution in [-0.4, -0.2) is 17.4 Å². The van der Waals surface area contributed by atoms with Crippen molar-refractivity contribution in [2.24, 2.45) is 0 Å². The van der Waals surface area contributed by atoms with E-state index in [1.54, 1.807) is 18.2 Å². The Morgan fingerprint density at radius 1 is 1.29 bits per heavy atom. The Morgan fingerprint density at radius 2 is 2.04 bits per heavy atom. The first-order valence-corrected chi connectivity index (χ1v) is 7.56.